The Kier molecular flexibility index (Phi) is 5.07. The number of hydrogen-bond donors (Lipinski definition) is 1. The lowest BCUT2D eigenvalue weighted by molar-refractivity contribution is 0.456. The summed E-state index contributed by atoms with van der Waals surface area (Å²) in [5.74, 6) is 0.219. The lowest BCUT2D eigenvalue weighted by atomic mass is 9.89. The zero-order valence-electron chi connectivity index (χ0n) is 12.5. The van der Waals surface area contributed by atoms with Crippen LogP contribution in [-0.4, -0.2) is 13.1 Å². The van der Waals surface area contributed by atoms with E-state index in [9.17, 15) is 4.39 Å². The quantitative estimate of drug-likeness (QED) is 0.805. The number of hydrogen-bond acceptors (Lipinski definition) is 2. The van der Waals surface area contributed by atoms with E-state index in [0.29, 0.717) is 10.8 Å². The molecule has 1 saturated heterocycles. The van der Waals surface area contributed by atoms with Crippen molar-refractivity contribution in [3.05, 3.63) is 58.4 Å². The Morgan fingerprint density at radius 1 is 1.14 bits per heavy atom. The molecular formula is C18H19ClFNS. The lowest BCUT2D eigenvalue weighted by Gasteiger charge is -2.25. The van der Waals surface area contributed by atoms with Gasteiger partial charge in [-0.1, -0.05) is 47.1 Å². The molecule has 1 heterocycles. The average molecular weight is 336 g/mol. The van der Waals surface area contributed by atoms with Crippen LogP contribution in [0.4, 0.5) is 4.39 Å². The van der Waals surface area contributed by atoms with Crippen LogP contribution in [-0.2, 0) is 0 Å². The van der Waals surface area contributed by atoms with Crippen LogP contribution in [0.25, 0.3) is 0 Å². The molecule has 1 aliphatic heterocycles. The van der Waals surface area contributed by atoms with E-state index in [-0.39, 0.29) is 10.8 Å². The van der Waals surface area contributed by atoms with Crippen LogP contribution in [0, 0.1) is 12.7 Å². The summed E-state index contributed by atoms with van der Waals surface area (Å²) in [6, 6.07) is 11.6. The van der Waals surface area contributed by atoms with Crippen molar-refractivity contribution in [2.24, 2.45) is 0 Å². The monoisotopic (exact) mass is 335 g/mol. The Morgan fingerprint density at radius 2 is 1.91 bits per heavy atom. The molecule has 2 aromatic carbocycles. The SMILES string of the molecule is Cc1ccc(Sc2cccc(Cl)c2F)c(C2CCNCC2)c1. The average Bonchev–Trinajstić information content (AvgIpc) is 2.54. The standard InChI is InChI=1S/C18H19ClFNS/c1-12-5-6-16(14(11-12)13-7-9-21-10-8-13)22-17-4-2-3-15(19)18(17)20/h2-6,11,13,21H,7-10H2,1H3. The predicted octanol–water partition coefficient (Wildman–Crippen LogP) is 5.41. The van der Waals surface area contributed by atoms with Crippen LogP contribution in [0.2, 0.25) is 5.02 Å². The summed E-state index contributed by atoms with van der Waals surface area (Å²) in [7, 11) is 0. The Balaban J connectivity index is 1.94. The largest absolute Gasteiger partial charge is 0.317 e. The summed E-state index contributed by atoms with van der Waals surface area (Å²) >= 11 is 7.37. The van der Waals surface area contributed by atoms with Crippen LogP contribution in [0.5, 0.6) is 0 Å². The number of halogens is 2. The highest BCUT2D eigenvalue weighted by atomic mass is 35.5. The van der Waals surface area contributed by atoms with Crippen LogP contribution >= 0.6 is 23.4 Å². The van der Waals surface area contributed by atoms with Crippen molar-refractivity contribution >= 4 is 23.4 Å². The maximum atomic E-state index is 14.2. The molecule has 116 valence electrons. The highest BCUT2D eigenvalue weighted by Gasteiger charge is 2.19. The maximum absolute atomic E-state index is 14.2. The summed E-state index contributed by atoms with van der Waals surface area (Å²) in [5, 5.41) is 3.58. The fourth-order valence-electron chi connectivity index (χ4n) is 2.89. The number of nitrogens with one attached hydrogen (secondary N) is 1. The van der Waals surface area contributed by atoms with Gasteiger partial charge in [-0.25, -0.2) is 4.39 Å². The Labute approximate surface area is 140 Å². The molecule has 22 heavy (non-hydrogen) atoms. The first-order valence-electron chi connectivity index (χ1n) is 7.58. The van der Waals surface area contributed by atoms with Gasteiger partial charge in [0.1, 0.15) is 0 Å². The van der Waals surface area contributed by atoms with Crippen molar-refractivity contribution in [3.63, 3.8) is 0 Å². The van der Waals surface area contributed by atoms with Gasteiger partial charge in [0.15, 0.2) is 5.82 Å². The third-order valence-corrected chi connectivity index (χ3v) is 5.50. The Morgan fingerprint density at radius 3 is 2.68 bits per heavy atom. The van der Waals surface area contributed by atoms with Crippen molar-refractivity contribution in [3.8, 4) is 0 Å². The fraction of sp³-hybridized carbons (Fsp3) is 0.333. The zero-order chi connectivity index (χ0) is 15.5. The molecule has 1 fully saturated rings. The molecular weight excluding hydrogens is 317 g/mol. The normalized spacial score (nSPS) is 16.0. The van der Waals surface area contributed by atoms with Crippen molar-refractivity contribution in [2.45, 2.75) is 35.5 Å². The summed E-state index contributed by atoms with van der Waals surface area (Å²) in [5.41, 5.74) is 2.59. The highest BCUT2D eigenvalue weighted by Crippen LogP contribution is 2.39. The van der Waals surface area contributed by atoms with E-state index in [0.717, 1.165) is 30.8 Å². The summed E-state index contributed by atoms with van der Waals surface area (Å²) in [6.07, 6.45) is 2.27. The van der Waals surface area contributed by atoms with Gasteiger partial charge in [0.2, 0.25) is 0 Å². The molecule has 2 aromatic rings. The topological polar surface area (TPSA) is 12.0 Å². The van der Waals surface area contributed by atoms with Crippen molar-refractivity contribution < 1.29 is 4.39 Å². The minimum Gasteiger partial charge on any atom is -0.317 e. The minimum absolute atomic E-state index is 0.181. The van der Waals surface area contributed by atoms with Crippen molar-refractivity contribution in [1.29, 1.82) is 0 Å². The lowest BCUT2D eigenvalue weighted by Crippen LogP contribution is -2.26. The molecule has 0 radical (unpaired) electrons. The predicted molar refractivity (Wildman–Crippen MR) is 91.6 cm³/mol. The van der Waals surface area contributed by atoms with E-state index in [1.807, 2.05) is 0 Å². The second-order valence-corrected chi connectivity index (χ2v) is 7.21. The minimum atomic E-state index is -0.328. The number of rotatable bonds is 3. The summed E-state index contributed by atoms with van der Waals surface area (Å²) in [4.78, 5) is 1.73. The Bertz CT molecular complexity index is 668. The van der Waals surface area contributed by atoms with Crippen molar-refractivity contribution in [2.75, 3.05) is 13.1 Å². The number of benzene rings is 2. The zero-order valence-corrected chi connectivity index (χ0v) is 14.1. The molecule has 1 aliphatic rings. The van der Waals surface area contributed by atoms with Crippen molar-refractivity contribution in [1.82, 2.24) is 5.32 Å². The van der Waals surface area contributed by atoms with Gasteiger partial charge in [0, 0.05) is 9.79 Å². The van der Waals surface area contributed by atoms with E-state index in [1.54, 1.807) is 18.2 Å². The molecule has 4 heteroatoms. The molecule has 0 amide bonds. The molecule has 1 nitrogen and oxygen atoms in total. The summed E-state index contributed by atoms with van der Waals surface area (Å²) in [6.45, 7) is 4.21. The van der Waals surface area contributed by atoms with Gasteiger partial charge in [-0.2, -0.15) is 0 Å². The first-order chi connectivity index (χ1) is 10.6. The van der Waals surface area contributed by atoms with E-state index >= 15 is 0 Å². The van der Waals surface area contributed by atoms with Crippen LogP contribution < -0.4 is 5.32 Å². The van der Waals surface area contributed by atoms with Gasteiger partial charge in [0.25, 0.3) is 0 Å². The van der Waals surface area contributed by atoms with E-state index in [4.69, 9.17) is 11.6 Å². The van der Waals surface area contributed by atoms with E-state index < -0.39 is 0 Å². The third kappa shape index (κ3) is 3.48. The van der Waals surface area contributed by atoms with E-state index in [1.165, 1.54) is 22.9 Å². The van der Waals surface area contributed by atoms with Gasteiger partial charge in [-0.3, -0.25) is 0 Å². The third-order valence-electron chi connectivity index (χ3n) is 4.08. The number of piperidine rings is 1. The molecule has 3 rings (SSSR count). The van der Waals surface area contributed by atoms with Gasteiger partial charge in [-0.15, -0.1) is 0 Å². The van der Waals surface area contributed by atoms with Gasteiger partial charge in [-0.05, 0) is 62.5 Å². The molecule has 1 N–H and O–H groups in total. The van der Waals surface area contributed by atoms with E-state index in [2.05, 4.69) is 30.4 Å². The highest BCUT2D eigenvalue weighted by molar-refractivity contribution is 7.99. The smallest absolute Gasteiger partial charge is 0.155 e. The van der Waals surface area contributed by atoms with Crippen LogP contribution in [0.15, 0.2) is 46.2 Å². The first kappa shape index (κ1) is 15.9. The second kappa shape index (κ2) is 7.03. The number of aryl methyl sites for hydroxylation is 1. The molecule has 0 unspecified atom stereocenters. The van der Waals surface area contributed by atoms with Gasteiger partial charge >= 0.3 is 0 Å². The molecule has 0 aromatic heterocycles. The Hall–Kier alpha value is -1.03. The molecule has 0 aliphatic carbocycles. The maximum Gasteiger partial charge on any atom is 0.155 e. The first-order valence-corrected chi connectivity index (χ1v) is 8.78. The molecule has 0 atom stereocenters. The van der Waals surface area contributed by atoms with Crippen LogP contribution in [0.1, 0.15) is 29.9 Å². The fourth-order valence-corrected chi connectivity index (χ4v) is 4.19. The molecule has 0 spiro atoms. The molecule has 0 bridgehead atoms. The van der Waals surface area contributed by atoms with Crippen LogP contribution in [0.3, 0.4) is 0 Å². The van der Waals surface area contributed by atoms with Gasteiger partial charge in [0.05, 0.1) is 5.02 Å². The summed E-state index contributed by atoms with van der Waals surface area (Å²) < 4.78 is 14.2. The second-order valence-electron chi connectivity index (χ2n) is 5.72. The molecule has 0 saturated carbocycles. The van der Waals surface area contributed by atoms with Gasteiger partial charge < -0.3 is 5.32 Å².